The Kier molecular flexibility index (Phi) is 4.20. The molecule has 7 heteroatoms. The molecule has 0 aliphatic carbocycles. The van der Waals surface area contributed by atoms with Crippen molar-refractivity contribution >= 4 is 27.8 Å². The van der Waals surface area contributed by atoms with Gasteiger partial charge < -0.3 is 0 Å². The van der Waals surface area contributed by atoms with E-state index in [2.05, 4.69) is 31.3 Å². The Balaban J connectivity index is 1.86. The minimum atomic E-state index is -0.187. The van der Waals surface area contributed by atoms with Gasteiger partial charge >= 0.3 is 0 Å². The van der Waals surface area contributed by atoms with Gasteiger partial charge in [0.05, 0.1) is 17.6 Å². The van der Waals surface area contributed by atoms with Crippen molar-refractivity contribution in [2.24, 2.45) is 7.05 Å². The molecular formula is C16H14BrN5O. The van der Waals surface area contributed by atoms with Crippen LogP contribution < -0.4 is 0 Å². The van der Waals surface area contributed by atoms with Gasteiger partial charge in [-0.2, -0.15) is 5.10 Å². The van der Waals surface area contributed by atoms with E-state index in [0.717, 1.165) is 15.7 Å². The summed E-state index contributed by atoms with van der Waals surface area (Å²) in [5, 5.41) is 12.2. The molecule has 0 saturated carbocycles. The standard InChI is InChI=1S/C16H14BrN5O/c1-11-16(15(23)7-6-12-9-18-21(2)10-12)19-20-22(11)14-5-3-4-13(17)8-14/h3-10H,1-2H3/b7-6-. The number of ketones is 1. The number of halogens is 1. The average Bonchev–Trinajstić information content (AvgIpc) is 3.11. The number of aromatic nitrogens is 5. The van der Waals surface area contributed by atoms with Crippen LogP contribution in [0, 0.1) is 6.92 Å². The molecule has 3 rings (SSSR count). The van der Waals surface area contributed by atoms with Crippen LogP contribution in [0.25, 0.3) is 11.8 Å². The van der Waals surface area contributed by atoms with E-state index in [0.29, 0.717) is 11.4 Å². The number of hydrogen-bond acceptors (Lipinski definition) is 4. The highest BCUT2D eigenvalue weighted by Crippen LogP contribution is 2.17. The molecule has 0 aliphatic rings. The van der Waals surface area contributed by atoms with Crippen molar-refractivity contribution in [3.05, 3.63) is 64.2 Å². The summed E-state index contributed by atoms with van der Waals surface area (Å²) in [5.74, 6) is -0.187. The van der Waals surface area contributed by atoms with E-state index in [-0.39, 0.29) is 5.78 Å². The molecule has 0 radical (unpaired) electrons. The summed E-state index contributed by atoms with van der Waals surface area (Å²) in [4.78, 5) is 12.3. The molecule has 1 aromatic carbocycles. The van der Waals surface area contributed by atoms with Crippen LogP contribution in [-0.2, 0) is 7.05 Å². The number of aryl methyl sites for hydroxylation is 1. The second-order valence-electron chi connectivity index (χ2n) is 5.06. The number of allylic oxidation sites excluding steroid dienone is 1. The zero-order valence-corrected chi connectivity index (χ0v) is 14.2. The molecule has 3 aromatic rings. The lowest BCUT2D eigenvalue weighted by molar-refractivity contribution is 0.104. The summed E-state index contributed by atoms with van der Waals surface area (Å²) in [6.45, 7) is 1.83. The number of nitrogens with zero attached hydrogens (tertiary/aromatic N) is 5. The first-order chi connectivity index (χ1) is 11.0. The Labute approximate surface area is 141 Å². The molecule has 0 atom stereocenters. The van der Waals surface area contributed by atoms with Gasteiger partial charge in [0, 0.05) is 23.3 Å². The van der Waals surface area contributed by atoms with E-state index in [9.17, 15) is 4.79 Å². The largest absolute Gasteiger partial charge is 0.287 e. The number of carbonyl (C=O) groups is 1. The van der Waals surface area contributed by atoms with E-state index in [1.54, 1.807) is 21.6 Å². The highest BCUT2D eigenvalue weighted by Gasteiger charge is 2.15. The topological polar surface area (TPSA) is 65.6 Å². The summed E-state index contributed by atoms with van der Waals surface area (Å²) in [7, 11) is 1.83. The van der Waals surface area contributed by atoms with Gasteiger partial charge in [-0.25, -0.2) is 4.68 Å². The van der Waals surface area contributed by atoms with Crippen LogP contribution in [0.4, 0.5) is 0 Å². The number of hydrogen-bond donors (Lipinski definition) is 0. The fraction of sp³-hybridized carbons (Fsp3) is 0.125. The van der Waals surface area contributed by atoms with Crippen LogP contribution >= 0.6 is 15.9 Å². The van der Waals surface area contributed by atoms with E-state index in [1.807, 2.05) is 44.4 Å². The van der Waals surface area contributed by atoms with Crippen molar-refractivity contribution in [3.63, 3.8) is 0 Å². The third kappa shape index (κ3) is 3.29. The third-order valence-electron chi connectivity index (χ3n) is 3.33. The van der Waals surface area contributed by atoms with Crippen molar-refractivity contribution in [3.8, 4) is 5.69 Å². The fourth-order valence-electron chi connectivity index (χ4n) is 2.19. The van der Waals surface area contributed by atoms with Crippen molar-refractivity contribution in [2.45, 2.75) is 6.92 Å². The normalized spacial score (nSPS) is 11.3. The third-order valence-corrected chi connectivity index (χ3v) is 3.83. The first kappa shape index (κ1) is 15.4. The van der Waals surface area contributed by atoms with E-state index in [4.69, 9.17) is 0 Å². The Hall–Kier alpha value is -2.54. The lowest BCUT2D eigenvalue weighted by atomic mass is 10.2. The molecule has 23 heavy (non-hydrogen) atoms. The average molecular weight is 372 g/mol. The lowest BCUT2D eigenvalue weighted by Gasteiger charge is -2.03. The Bertz CT molecular complexity index is 894. The monoisotopic (exact) mass is 371 g/mol. The van der Waals surface area contributed by atoms with Gasteiger partial charge in [0.25, 0.3) is 0 Å². The van der Waals surface area contributed by atoms with E-state index >= 15 is 0 Å². The molecule has 0 aliphatic heterocycles. The molecule has 0 unspecified atom stereocenters. The maximum absolute atomic E-state index is 12.3. The SMILES string of the molecule is Cc1c(C(=O)/C=C\c2cnn(C)c2)nnn1-c1cccc(Br)c1. The maximum atomic E-state index is 12.3. The molecule has 2 aromatic heterocycles. The zero-order chi connectivity index (χ0) is 16.4. The summed E-state index contributed by atoms with van der Waals surface area (Å²) in [6.07, 6.45) is 6.72. The minimum absolute atomic E-state index is 0.187. The van der Waals surface area contributed by atoms with Crippen LogP contribution in [-0.4, -0.2) is 30.6 Å². The molecule has 0 spiro atoms. The smallest absolute Gasteiger partial charge is 0.208 e. The van der Waals surface area contributed by atoms with Gasteiger partial charge in [-0.15, -0.1) is 5.10 Å². The van der Waals surface area contributed by atoms with Crippen molar-refractivity contribution in [1.82, 2.24) is 24.8 Å². The molecule has 0 N–H and O–H groups in total. The second kappa shape index (κ2) is 6.29. The fourth-order valence-corrected chi connectivity index (χ4v) is 2.57. The van der Waals surface area contributed by atoms with Gasteiger partial charge in [-0.3, -0.25) is 9.48 Å². The predicted molar refractivity (Wildman–Crippen MR) is 90.4 cm³/mol. The van der Waals surface area contributed by atoms with Crippen LogP contribution in [0.3, 0.4) is 0 Å². The van der Waals surface area contributed by atoms with Crippen LogP contribution in [0.1, 0.15) is 21.7 Å². The molecule has 0 amide bonds. The molecule has 0 bridgehead atoms. The first-order valence-electron chi connectivity index (χ1n) is 6.94. The number of rotatable bonds is 4. The van der Waals surface area contributed by atoms with Gasteiger partial charge in [0.2, 0.25) is 5.78 Å². The van der Waals surface area contributed by atoms with Gasteiger partial charge in [0.1, 0.15) is 0 Å². The minimum Gasteiger partial charge on any atom is -0.287 e. The van der Waals surface area contributed by atoms with Crippen LogP contribution in [0.2, 0.25) is 0 Å². The predicted octanol–water partition coefficient (Wildman–Crippen LogP) is 2.97. The van der Waals surface area contributed by atoms with Gasteiger partial charge in [-0.1, -0.05) is 27.2 Å². The first-order valence-corrected chi connectivity index (χ1v) is 7.73. The van der Waals surface area contributed by atoms with E-state index in [1.165, 1.54) is 6.08 Å². The van der Waals surface area contributed by atoms with Crippen molar-refractivity contribution in [1.29, 1.82) is 0 Å². The molecule has 2 heterocycles. The Morgan fingerprint density at radius 1 is 1.35 bits per heavy atom. The van der Waals surface area contributed by atoms with E-state index < -0.39 is 0 Å². The Morgan fingerprint density at radius 2 is 2.17 bits per heavy atom. The maximum Gasteiger partial charge on any atom is 0.208 e. The second-order valence-corrected chi connectivity index (χ2v) is 5.98. The summed E-state index contributed by atoms with van der Waals surface area (Å²) >= 11 is 3.42. The highest BCUT2D eigenvalue weighted by atomic mass is 79.9. The van der Waals surface area contributed by atoms with Crippen LogP contribution in [0.15, 0.2) is 47.2 Å². The molecule has 116 valence electrons. The lowest BCUT2D eigenvalue weighted by Crippen LogP contribution is -2.01. The summed E-state index contributed by atoms with van der Waals surface area (Å²) < 4.78 is 4.27. The molecule has 0 saturated heterocycles. The highest BCUT2D eigenvalue weighted by molar-refractivity contribution is 9.10. The molecule has 6 nitrogen and oxygen atoms in total. The molecular weight excluding hydrogens is 358 g/mol. The van der Waals surface area contributed by atoms with Crippen molar-refractivity contribution < 1.29 is 4.79 Å². The number of benzene rings is 1. The Morgan fingerprint density at radius 3 is 2.87 bits per heavy atom. The van der Waals surface area contributed by atoms with Crippen LogP contribution in [0.5, 0.6) is 0 Å². The summed E-state index contributed by atoms with van der Waals surface area (Å²) in [5.41, 5.74) is 2.74. The summed E-state index contributed by atoms with van der Waals surface area (Å²) in [6, 6.07) is 7.66. The van der Waals surface area contributed by atoms with Crippen molar-refractivity contribution in [2.75, 3.05) is 0 Å². The number of carbonyl (C=O) groups excluding carboxylic acids is 1. The molecule has 0 fully saturated rings. The van der Waals surface area contributed by atoms with Gasteiger partial charge in [-0.05, 0) is 37.3 Å². The zero-order valence-electron chi connectivity index (χ0n) is 12.6. The van der Waals surface area contributed by atoms with Gasteiger partial charge in [0.15, 0.2) is 5.69 Å². The quantitative estimate of drug-likeness (QED) is 0.522.